The van der Waals surface area contributed by atoms with Gasteiger partial charge >= 0.3 is 0 Å². The molecule has 0 aliphatic carbocycles. The first kappa shape index (κ1) is 14.9. The highest BCUT2D eigenvalue weighted by Gasteiger charge is 2.15. The highest BCUT2D eigenvalue weighted by molar-refractivity contribution is 6.07. The number of benzene rings is 2. The quantitative estimate of drug-likeness (QED) is 0.844. The summed E-state index contributed by atoms with van der Waals surface area (Å²) < 4.78 is 5.49. The fourth-order valence-corrected chi connectivity index (χ4v) is 2.18. The number of aryl methyl sites for hydroxylation is 2. The maximum absolute atomic E-state index is 12.5. The van der Waals surface area contributed by atoms with Crippen LogP contribution in [0.25, 0.3) is 0 Å². The van der Waals surface area contributed by atoms with E-state index in [4.69, 9.17) is 10.5 Å². The number of amides is 1. The summed E-state index contributed by atoms with van der Waals surface area (Å²) in [4.78, 5) is 12.5. The van der Waals surface area contributed by atoms with Crippen LogP contribution in [-0.2, 0) is 0 Å². The van der Waals surface area contributed by atoms with Crippen LogP contribution in [0.2, 0.25) is 0 Å². The maximum Gasteiger partial charge on any atom is 0.259 e. The van der Waals surface area contributed by atoms with Gasteiger partial charge in [-0.15, -0.1) is 0 Å². The molecule has 0 atom stereocenters. The second-order valence-electron chi connectivity index (χ2n) is 4.93. The zero-order valence-electron chi connectivity index (χ0n) is 12.6. The summed E-state index contributed by atoms with van der Waals surface area (Å²) in [5.74, 6) is 0.208. The molecule has 2 aromatic carbocycles. The number of anilines is 2. The van der Waals surface area contributed by atoms with E-state index >= 15 is 0 Å². The molecule has 0 radical (unpaired) electrons. The third-order valence-electron chi connectivity index (χ3n) is 3.21. The van der Waals surface area contributed by atoms with E-state index in [1.807, 2.05) is 39.0 Å². The summed E-state index contributed by atoms with van der Waals surface area (Å²) >= 11 is 0. The van der Waals surface area contributed by atoms with E-state index in [1.165, 1.54) is 0 Å². The molecule has 0 heterocycles. The van der Waals surface area contributed by atoms with E-state index in [0.717, 1.165) is 16.8 Å². The maximum atomic E-state index is 12.5. The van der Waals surface area contributed by atoms with Gasteiger partial charge in [-0.3, -0.25) is 4.79 Å². The van der Waals surface area contributed by atoms with Gasteiger partial charge in [0.15, 0.2) is 5.75 Å². The second kappa shape index (κ2) is 6.31. The second-order valence-corrected chi connectivity index (χ2v) is 4.93. The average molecular weight is 284 g/mol. The normalized spacial score (nSPS) is 10.2. The molecule has 110 valence electrons. The van der Waals surface area contributed by atoms with Gasteiger partial charge in [-0.2, -0.15) is 0 Å². The lowest BCUT2D eigenvalue weighted by Crippen LogP contribution is -2.15. The standard InChI is InChI=1S/C17H20N2O2/c1-4-21-16-13(6-5-7-14(16)18)17(20)19-15-9-8-11(2)10-12(15)3/h5-10H,4,18H2,1-3H3,(H,19,20). The highest BCUT2D eigenvalue weighted by atomic mass is 16.5. The number of nitrogens with one attached hydrogen (secondary N) is 1. The van der Waals surface area contributed by atoms with Crippen molar-refractivity contribution in [2.24, 2.45) is 0 Å². The molecule has 0 bridgehead atoms. The van der Waals surface area contributed by atoms with Crippen molar-refractivity contribution in [3.63, 3.8) is 0 Å². The molecule has 21 heavy (non-hydrogen) atoms. The first-order chi connectivity index (χ1) is 10.0. The number of hydrogen-bond donors (Lipinski definition) is 2. The molecule has 0 aliphatic heterocycles. The number of nitrogen functional groups attached to an aromatic ring is 1. The highest BCUT2D eigenvalue weighted by Crippen LogP contribution is 2.27. The van der Waals surface area contributed by atoms with Crippen molar-refractivity contribution in [1.29, 1.82) is 0 Å². The van der Waals surface area contributed by atoms with Gasteiger partial charge in [0.1, 0.15) is 0 Å². The third-order valence-corrected chi connectivity index (χ3v) is 3.21. The van der Waals surface area contributed by atoms with Gasteiger partial charge in [-0.25, -0.2) is 0 Å². The Morgan fingerprint density at radius 2 is 2.00 bits per heavy atom. The number of carbonyl (C=O) groups is 1. The molecule has 1 amide bonds. The molecule has 0 saturated heterocycles. The monoisotopic (exact) mass is 284 g/mol. The average Bonchev–Trinajstić information content (AvgIpc) is 2.44. The summed E-state index contributed by atoms with van der Waals surface area (Å²) in [7, 11) is 0. The lowest BCUT2D eigenvalue weighted by Gasteiger charge is -2.14. The van der Waals surface area contributed by atoms with E-state index < -0.39 is 0 Å². The van der Waals surface area contributed by atoms with Crippen molar-refractivity contribution >= 4 is 17.3 Å². The van der Waals surface area contributed by atoms with E-state index in [0.29, 0.717) is 23.6 Å². The minimum Gasteiger partial charge on any atom is -0.491 e. The SMILES string of the molecule is CCOc1c(N)cccc1C(=O)Nc1ccc(C)cc1C. The number of rotatable bonds is 4. The van der Waals surface area contributed by atoms with Crippen molar-refractivity contribution in [3.8, 4) is 5.75 Å². The number of ether oxygens (including phenoxy) is 1. The first-order valence-corrected chi connectivity index (χ1v) is 6.92. The summed E-state index contributed by atoms with van der Waals surface area (Å²) in [5.41, 5.74) is 9.75. The number of para-hydroxylation sites is 1. The third kappa shape index (κ3) is 3.34. The number of hydrogen-bond acceptors (Lipinski definition) is 3. The fraction of sp³-hybridized carbons (Fsp3) is 0.235. The van der Waals surface area contributed by atoms with Crippen LogP contribution in [0, 0.1) is 13.8 Å². The Kier molecular flexibility index (Phi) is 4.48. The molecule has 0 unspecified atom stereocenters. The zero-order valence-corrected chi connectivity index (χ0v) is 12.6. The largest absolute Gasteiger partial charge is 0.491 e. The van der Waals surface area contributed by atoms with Crippen LogP contribution in [0.1, 0.15) is 28.4 Å². The van der Waals surface area contributed by atoms with E-state index in [9.17, 15) is 4.79 Å². The molecule has 4 heteroatoms. The van der Waals surface area contributed by atoms with Gasteiger partial charge in [0.05, 0.1) is 17.9 Å². The van der Waals surface area contributed by atoms with Crippen LogP contribution in [0.15, 0.2) is 36.4 Å². The Labute approximate surface area is 124 Å². The Morgan fingerprint density at radius 3 is 2.67 bits per heavy atom. The van der Waals surface area contributed by atoms with Gasteiger partial charge in [0.2, 0.25) is 0 Å². The molecule has 0 fully saturated rings. The summed E-state index contributed by atoms with van der Waals surface area (Å²) in [5, 5.41) is 2.91. The minimum absolute atomic E-state index is 0.224. The Hall–Kier alpha value is -2.49. The zero-order chi connectivity index (χ0) is 15.4. The minimum atomic E-state index is -0.224. The van der Waals surface area contributed by atoms with Gasteiger partial charge < -0.3 is 15.8 Å². The summed E-state index contributed by atoms with van der Waals surface area (Å²) in [6.07, 6.45) is 0. The molecule has 2 aromatic rings. The van der Waals surface area contributed by atoms with Crippen LogP contribution in [-0.4, -0.2) is 12.5 Å². The number of carbonyl (C=O) groups excluding carboxylic acids is 1. The Bertz CT molecular complexity index is 666. The van der Waals surface area contributed by atoms with Crippen LogP contribution < -0.4 is 15.8 Å². The molecular weight excluding hydrogens is 264 g/mol. The van der Waals surface area contributed by atoms with Crippen LogP contribution >= 0.6 is 0 Å². The van der Waals surface area contributed by atoms with Crippen molar-refractivity contribution in [1.82, 2.24) is 0 Å². The molecule has 3 N–H and O–H groups in total. The van der Waals surface area contributed by atoms with Gasteiger partial charge in [-0.05, 0) is 44.5 Å². The summed E-state index contributed by atoms with van der Waals surface area (Å²) in [6, 6.07) is 11.1. The molecule has 0 saturated carbocycles. The van der Waals surface area contributed by atoms with Crippen molar-refractivity contribution < 1.29 is 9.53 Å². The molecular formula is C17H20N2O2. The smallest absolute Gasteiger partial charge is 0.259 e. The Balaban J connectivity index is 2.30. The van der Waals surface area contributed by atoms with Crippen molar-refractivity contribution in [2.75, 3.05) is 17.7 Å². The molecule has 4 nitrogen and oxygen atoms in total. The van der Waals surface area contributed by atoms with Crippen LogP contribution in [0.4, 0.5) is 11.4 Å². The van der Waals surface area contributed by atoms with E-state index in [-0.39, 0.29) is 5.91 Å². The van der Waals surface area contributed by atoms with Crippen LogP contribution in [0.3, 0.4) is 0 Å². The topological polar surface area (TPSA) is 64.3 Å². The van der Waals surface area contributed by atoms with E-state index in [2.05, 4.69) is 5.32 Å². The van der Waals surface area contributed by atoms with Crippen molar-refractivity contribution in [3.05, 3.63) is 53.1 Å². The Morgan fingerprint density at radius 1 is 1.24 bits per heavy atom. The molecule has 0 spiro atoms. The van der Waals surface area contributed by atoms with Crippen molar-refractivity contribution in [2.45, 2.75) is 20.8 Å². The van der Waals surface area contributed by atoms with Gasteiger partial charge in [0.25, 0.3) is 5.91 Å². The predicted molar refractivity (Wildman–Crippen MR) is 85.9 cm³/mol. The molecule has 0 aliphatic rings. The summed E-state index contributed by atoms with van der Waals surface area (Å²) in [6.45, 7) is 6.30. The fourth-order valence-electron chi connectivity index (χ4n) is 2.18. The molecule has 2 rings (SSSR count). The van der Waals surface area contributed by atoms with Gasteiger partial charge in [0, 0.05) is 5.69 Å². The van der Waals surface area contributed by atoms with Crippen LogP contribution in [0.5, 0.6) is 5.75 Å². The lowest BCUT2D eigenvalue weighted by atomic mass is 10.1. The predicted octanol–water partition coefficient (Wildman–Crippen LogP) is 3.54. The molecule has 0 aromatic heterocycles. The number of nitrogens with two attached hydrogens (primary N) is 1. The lowest BCUT2D eigenvalue weighted by molar-refractivity contribution is 0.102. The first-order valence-electron chi connectivity index (χ1n) is 6.92. The van der Waals surface area contributed by atoms with E-state index in [1.54, 1.807) is 18.2 Å². The van der Waals surface area contributed by atoms with Gasteiger partial charge in [-0.1, -0.05) is 23.8 Å².